The number of anilines is 1. The molecule has 20 heavy (non-hydrogen) atoms. The van der Waals surface area contributed by atoms with E-state index in [9.17, 15) is 0 Å². The standard InChI is InChI=1S/C11H12N8S/c1-12-8-15-9(19-6-3-4-14-19)17-10(16-8)20-11-13-5-7-18(11)2/h3-7H,1-2H3,(H,12,15,16,17). The van der Waals surface area contributed by atoms with Crippen LogP contribution in [0, 0.1) is 0 Å². The second kappa shape index (κ2) is 5.29. The summed E-state index contributed by atoms with van der Waals surface area (Å²) in [7, 11) is 3.68. The van der Waals surface area contributed by atoms with E-state index in [1.807, 2.05) is 23.9 Å². The van der Waals surface area contributed by atoms with Gasteiger partial charge in [0.05, 0.1) is 0 Å². The fraction of sp³-hybridized carbons (Fsp3) is 0.182. The van der Waals surface area contributed by atoms with Gasteiger partial charge in [0.15, 0.2) is 5.16 Å². The molecular weight excluding hydrogens is 276 g/mol. The first-order valence-electron chi connectivity index (χ1n) is 5.85. The molecule has 3 aromatic rings. The van der Waals surface area contributed by atoms with Crippen LogP contribution < -0.4 is 5.32 Å². The van der Waals surface area contributed by atoms with Gasteiger partial charge in [-0.3, -0.25) is 0 Å². The van der Waals surface area contributed by atoms with Crippen molar-refractivity contribution in [3.05, 3.63) is 30.9 Å². The molecule has 0 aromatic carbocycles. The van der Waals surface area contributed by atoms with Crippen molar-refractivity contribution in [1.29, 1.82) is 0 Å². The van der Waals surface area contributed by atoms with E-state index in [0.29, 0.717) is 17.1 Å². The highest BCUT2D eigenvalue weighted by atomic mass is 32.2. The minimum atomic E-state index is 0.464. The minimum absolute atomic E-state index is 0.464. The van der Waals surface area contributed by atoms with Crippen LogP contribution in [-0.4, -0.2) is 41.3 Å². The van der Waals surface area contributed by atoms with Crippen LogP contribution >= 0.6 is 11.8 Å². The SMILES string of the molecule is CNc1nc(Sc2nccn2C)nc(-n2cccn2)n1. The second-order valence-electron chi connectivity index (χ2n) is 3.87. The van der Waals surface area contributed by atoms with Gasteiger partial charge in [0.1, 0.15) is 0 Å². The fourth-order valence-corrected chi connectivity index (χ4v) is 2.27. The van der Waals surface area contributed by atoms with Gasteiger partial charge in [-0.1, -0.05) is 0 Å². The first-order chi connectivity index (χ1) is 9.76. The summed E-state index contributed by atoms with van der Waals surface area (Å²) in [6.07, 6.45) is 7.06. The summed E-state index contributed by atoms with van der Waals surface area (Å²) in [6, 6.07) is 1.81. The molecule has 0 aliphatic carbocycles. The zero-order valence-corrected chi connectivity index (χ0v) is 11.7. The Morgan fingerprint density at radius 2 is 2.05 bits per heavy atom. The molecule has 1 N–H and O–H groups in total. The Kier molecular flexibility index (Phi) is 3.33. The van der Waals surface area contributed by atoms with Crippen LogP contribution in [0.1, 0.15) is 0 Å². The van der Waals surface area contributed by atoms with Crippen molar-refractivity contribution >= 4 is 17.7 Å². The summed E-state index contributed by atoms with van der Waals surface area (Å²) < 4.78 is 3.49. The summed E-state index contributed by atoms with van der Waals surface area (Å²) in [5, 5.41) is 8.41. The molecule has 0 saturated carbocycles. The molecule has 3 heterocycles. The van der Waals surface area contributed by atoms with Crippen molar-refractivity contribution in [3.8, 4) is 5.95 Å². The van der Waals surface area contributed by atoms with Crippen LogP contribution in [0.2, 0.25) is 0 Å². The molecular formula is C11H12N8S. The van der Waals surface area contributed by atoms with Crippen LogP contribution in [0.3, 0.4) is 0 Å². The molecule has 0 fully saturated rings. The molecule has 0 spiro atoms. The van der Waals surface area contributed by atoms with E-state index in [0.717, 1.165) is 5.16 Å². The van der Waals surface area contributed by atoms with Gasteiger partial charge in [-0.15, -0.1) is 0 Å². The van der Waals surface area contributed by atoms with Crippen LogP contribution in [0.4, 0.5) is 5.95 Å². The van der Waals surface area contributed by atoms with Gasteiger partial charge < -0.3 is 9.88 Å². The number of imidazole rings is 1. The van der Waals surface area contributed by atoms with Crippen molar-refractivity contribution in [2.45, 2.75) is 10.3 Å². The number of hydrogen-bond donors (Lipinski definition) is 1. The first-order valence-corrected chi connectivity index (χ1v) is 6.67. The lowest BCUT2D eigenvalue weighted by Gasteiger charge is -2.06. The first kappa shape index (κ1) is 12.6. The maximum Gasteiger partial charge on any atom is 0.256 e. The normalized spacial score (nSPS) is 10.7. The quantitative estimate of drug-likeness (QED) is 0.766. The lowest BCUT2D eigenvalue weighted by atomic mass is 10.7. The molecule has 0 saturated heterocycles. The maximum atomic E-state index is 4.39. The molecule has 0 radical (unpaired) electrons. The van der Waals surface area contributed by atoms with Crippen molar-refractivity contribution in [2.24, 2.45) is 7.05 Å². The lowest BCUT2D eigenvalue weighted by Crippen LogP contribution is -2.08. The molecule has 9 heteroatoms. The fourth-order valence-electron chi connectivity index (χ4n) is 1.52. The molecule has 3 rings (SSSR count). The molecule has 0 aliphatic rings. The minimum Gasteiger partial charge on any atom is -0.357 e. The largest absolute Gasteiger partial charge is 0.357 e. The molecule has 3 aromatic heterocycles. The van der Waals surface area contributed by atoms with Gasteiger partial charge in [0.25, 0.3) is 5.95 Å². The third-order valence-corrected chi connectivity index (χ3v) is 3.44. The molecule has 0 amide bonds. The van der Waals surface area contributed by atoms with Crippen molar-refractivity contribution in [2.75, 3.05) is 12.4 Å². The van der Waals surface area contributed by atoms with Crippen molar-refractivity contribution in [1.82, 2.24) is 34.3 Å². The monoisotopic (exact) mass is 288 g/mol. The van der Waals surface area contributed by atoms with Crippen LogP contribution in [0.5, 0.6) is 0 Å². The molecule has 0 aliphatic heterocycles. The molecule has 0 atom stereocenters. The van der Waals surface area contributed by atoms with Gasteiger partial charge >= 0.3 is 0 Å². The number of nitrogens with one attached hydrogen (secondary N) is 1. The third kappa shape index (κ3) is 2.48. The third-order valence-electron chi connectivity index (χ3n) is 2.50. The zero-order chi connectivity index (χ0) is 13.9. The van der Waals surface area contributed by atoms with E-state index >= 15 is 0 Å². The van der Waals surface area contributed by atoms with Gasteiger partial charge in [0, 0.05) is 38.9 Å². The Morgan fingerprint density at radius 3 is 2.70 bits per heavy atom. The average Bonchev–Trinajstić information content (AvgIpc) is 3.11. The van der Waals surface area contributed by atoms with Crippen LogP contribution in [-0.2, 0) is 7.05 Å². The molecule has 102 valence electrons. The smallest absolute Gasteiger partial charge is 0.256 e. The van der Waals surface area contributed by atoms with E-state index in [-0.39, 0.29) is 0 Å². The highest BCUT2D eigenvalue weighted by molar-refractivity contribution is 7.99. The number of nitrogens with zero attached hydrogens (tertiary/aromatic N) is 7. The van der Waals surface area contributed by atoms with E-state index in [1.165, 1.54) is 11.8 Å². The van der Waals surface area contributed by atoms with E-state index in [1.54, 1.807) is 30.3 Å². The average molecular weight is 288 g/mol. The zero-order valence-electron chi connectivity index (χ0n) is 10.9. The van der Waals surface area contributed by atoms with Gasteiger partial charge in [-0.2, -0.15) is 20.1 Å². The summed E-state index contributed by atoms with van der Waals surface area (Å²) in [5.74, 6) is 0.952. The Labute approximate surface area is 119 Å². The predicted molar refractivity (Wildman–Crippen MR) is 73.8 cm³/mol. The van der Waals surface area contributed by atoms with Gasteiger partial charge in [-0.25, -0.2) is 9.67 Å². The summed E-state index contributed by atoms with van der Waals surface area (Å²) in [6.45, 7) is 0. The maximum absolute atomic E-state index is 4.39. The number of hydrogen-bond acceptors (Lipinski definition) is 7. The Bertz CT molecular complexity index is 705. The molecule has 0 bridgehead atoms. The van der Waals surface area contributed by atoms with Gasteiger partial charge in [0.2, 0.25) is 11.1 Å². The van der Waals surface area contributed by atoms with Crippen LogP contribution in [0.25, 0.3) is 5.95 Å². The molecule has 0 unspecified atom stereocenters. The summed E-state index contributed by atoms with van der Waals surface area (Å²) in [4.78, 5) is 17.2. The van der Waals surface area contributed by atoms with E-state index in [4.69, 9.17) is 0 Å². The molecule has 8 nitrogen and oxygen atoms in total. The second-order valence-corrected chi connectivity index (χ2v) is 4.80. The van der Waals surface area contributed by atoms with Crippen molar-refractivity contribution in [3.63, 3.8) is 0 Å². The Balaban J connectivity index is 1.98. The lowest BCUT2D eigenvalue weighted by molar-refractivity contribution is 0.753. The van der Waals surface area contributed by atoms with Gasteiger partial charge in [-0.05, 0) is 17.8 Å². The van der Waals surface area contributed by atoms with Crippen molar-refractivity contribution < 1.29 is 0 Å². The number of rotatable bonds is 4. The van der Waals surface area contributed by atoms with E-state index in [2.05, 4.69) is 30.4 Å². The highest BCUT2D eigenvalue weighted by Gasteiger charge is 2.11. The summed E-state index contributed by atoms with van der Waals surface area (Å²) >= 11 is 1.37. The highest BCUT2D eigenvalue weighted by Crippen LogP contribution is 2.23. The Morgan fingerprint density at radius 1 is 1.15 bits per heavy atom. The van der Waals surface area contributed by atoms with Crippen LogP contribution in [0.15, 0.2) is 41.2 Å². The topological polar surface area (TPSA) is 86.3 Å². The predicted octanol–water partition coefficient (Wildman–Crippen LogP) is 0.984. The number of aryl methyl sites for hydroxylation is 1. The van der Waals surface area contributed by atoms with E-state index < -0.39 is 0 Å². The Hall–Kier alpha value is -2.42. The summed E-state index contributed by atoms with van der Waals surface area (Å²) in [5.41, 5.74) is 0. The number of aromatic nitrogens is 7.